The van der Waals surface area contributed by atoms with Gasteiger partial charge in [0.1, 0.15) is 11.9 Å². The molecule has 1 heterocycles. The van der Waals surface area contributed by atoms with Crippen LogP contribution in [-0.4, -0.2) is 30.6 Å². The summed E-state index contributed by atoms with van der Waals surface area (Å²) < 4.78 is 6.41. The van der Waals surface area contributed by atoms with E-state index in [1.165, 1.54) is 11.1 Å². The summed E-state index contributed by atoms with van der Waals surface area (Å²) in [6.45, 7) is 2.82. The molecule has 1 fully saturated rings. The molecule has 4 rings (SSSR count). The number of benzene rings is 2. The Balaban J connectivity index is 1.63. The van der Waals surface area contributed by atoms with Crippen molar-refractivity contribution in [3.05, 3.63) is 64.2 Å². The van der Waals surface area contributed by atoms with Crippen molar-refractivity contribution in [2.45, 2.75) is 25.0 Å². The average molecular weight is 368 g/mol. The fraction of sp³-hybridized carbons (Fsp3) is 0.381. The SMILES string of the molecule is N#Cc1ccc(O[C@@H]2c3ccccc3C[C@H]2N2CC[C@@H](CN)C2)c(Cl)c1. The van der Waals surface area contributed by atoms with E-state index in [4.69, 9.17) is 27.3 Å². The topological polar surface area (TPSA) is 62.3 Å². The molecule has 0 bridgehead atoms. The lowest BCUT2D eigenvalue weighted by Gasteiger charge is -2.30. The van der Waals surface area contributed by atoms with Crippen LogP contribution in [0.2, 0.25) is 5.02 Å². The highest BCUT2D eigenvalue weighted by molar-refractivity contribution is 6.32. The van der Waals surface area contributed by atoms with Crippen LogP contribution in [0.15, 0.2) is 42.5 Å². The third-order valence-electron chi connectivity index (χ3n) is 5.57. The second kappa shape index (κ2) is 7.28. The van der Waals surface area contributed by atoms with Gasteiger partial charge in [0.25, 0.3) is 0 Å². The molecule has 0 amide bonds. The van der Waals surface area contributed by atoms with Gasteiger partial charge < -0.3 is 10.5 Å². The zero-order chi connectivity index (χ0) is 18.1. The molecule has 4 nitrogen and oxygen atoms in total. The van der Waals surface area contributed by atoms with Crippen molar-refractivity contribution >= 4 is 11.6 Å². The van der Waals surface area contributed by atoms with E-state index in [1.54, 1.807) is 18.2 Å². The maximum Gasteiger partial charge on any atom is 0.140 e. The highest BCUT2D eigenvalue weighted by Crippen LogP contribution is 2.41. The van der Waals surface area contributed by atoms with Gasteiger partial charge in [-0.2, -0.15) is 5.26 Å². The van der Waals surface area contributed by atoms with Gasteiger partial charge in [0.2, 0.25) is 0 Å². The van der Waals surface area contributed by atoms with Crippen molar-refractivity contribution in [3.8, 4) is 11.8 Å². The minimum absolute atomic E-state index is 0.0619. The maximum atomic E-state index is 9.03. The van der Waals surface area contributed by atoms with E-state index < -0.39 is 0 Å². The number of nitrogens with zero attached hydrogens (tertiary/aromatic N) is 2. The number of rotatable bonds is 4. The number of hydrogen-bond donors (Lipinski definition) is 1. The molecule has 2 aromatic rings. The lowest BCUT2D eigenvalue weighted by Crippen LogP contribution is -2.39. The van der Waals surface area contributed by atoms with Gasteiger partial charge >= 0.3 is 0 Å². The van der Waals surface area contributed by atoms with Gasteiger partial charge in [0, 0.05) is 6.54 Å². The van der Waals surface area contributed by atoms with Crippen LogP contribution in [0.3, 0.4) is 0 Å². The van der Waals surface area contributed by atoms with Crippen molar-refractivity contribution in [1.82, 2.24) is 4.90 Å². The zero-order valence-electron chi connectivity index (χ0n) is 14.6. The molecule has 0 spiro atoms. The molecular formula is C21H22ClN3O. The highest BCUT2D eigenvalue weighted by Gasteiger charge is 2.40. The molecule has 1 aliphatic heterocycles. The minimum Gasteiger partial charge on any atom is -0.482 e. The molecule has 5 heteroatoms. The molecule has 2 N–H and O–H groups in total. The molecule has 0 radical (unpaired) electrons. The van der Waals surface area contributed by atoms with E-state index in [0.29, 0.717) is 22.3 Å². The normalized spacial score (nSPS) is 25.0. The molecule has 2 aromatic carbocycles. The molecule has 1 saturated heterocycles. The Morgan fingerprint density at radius 1 is 1.27 bits per heavy atom. The molecule has 0 unspecified atom stereocenters. The van der Waals surface area contributed by atoms with Gasteiger partial charge in [0.15, 0.2) is 0 Å². The Morgan fingerprint density at radius 2 is 2.12 bits per heavy atom. The van der Waals surface area contributed by atoms with Crippen molar-refractivity contribution in [2.75, 3.05) is 19.6 Å². The second-order valence-corrected chi connectivity index (χ2v) is 7.56. The summed E-state index contributed by atoms with van der Waals surface area (Å²) in [5, 5.41) is 9.51. The Bertz CT molecular complexity index is 847. The summed E-state index contributed by atoms with van der Waals surface area (Å²) in [7, 11) is 0. The predicted molar refractivity (Wildman–Crippen MR) is 102 cm³/mol. The van der Waals surface area contributed by atoms with E-state index in [0.717, 1.165) is 32.5 Å². The Hall–Kier alpha value is -2.06. The molecule has 26 heavy (non-hydrogen) atoms. The zero-order valence-corrected chi connectivity index (χ0v) is 15.3. The number of fused-ring (bicyclic) bond motifs is 1. The van der Waals surface area contributed by atoms with Crippen LogP contribution in [0.4, 0.5) is 0 Å². The van der Waals surface area contributed by atoms with Crippen LogP contribution in [0, 0.1) is 17.2 Å². The summed E-state index contributed by atoms with van der Waals surface area (Å²) in [5.74, 6) is 1.20. The molecule has 0 aromatic heterocycles. The summed E-state index contributed by atoms with van der Waals surface area (Å²) in [6.07, 6.45) is 2.06. The third kappa shape index (κ3) is 3.19. The van der Waals surface area contributed by atoms with Crippen LogP contribution < -0.4 is 10.5 Å². The van der Waals surface area contributed by atoms with E-state index in [9.17, 15) is 0 Å². The molecular weight excluding hydrogens is 346 g/mol. The Morgan fingerprint density at radius 3 is 2.85 bits per heavy atom. The first-order valence-electron chi connectivity index (χ1n) is 9.08. The van der Waals surface area contributed by atoms with Crippen LogP contribution in [0.5, 0.6) is 5.75 Å². The maximum absolute atomic E-state index is 9.03. The van der Waals surface area contributed by atoms with Gasteiger partial charge in [-0.05, 0) is 61.2 Å². The Kier molecular flexibility index (Phi) is 4.86. The van der Waals surface area contributed by atoms with Gasteiger partial charge in [0.05, 0.1) is 22.7 Å². The summed E-state index contributed by atoms with van der Waals surface area (Å²) in [5.41, 5.74) is 8.99. The average Bonchev–Trinajstić information content (AvgIpc) is 3.28. The third-order valence-corrected chi connectivity index (χ3v) is 5.87. The number of nitrogens with two attached hydrogens (primary N) is 1. The van der Waals surface area contributed by atoms with Crippen molar-refractivity contribution < 1.29 is 4.74 Å². The fourth-order valence-electron chi connectivity index (χ4n) is 4.16. The highest BCUT2D eigenvalue weighted by atomic mass is 35.5. The van der Waals surface area contributed by atoms with Crippen molar-refractivity contribution in [1.29, 1.82) is 5.26 Å². The van der Waals surface area contributed by atoms with Crippen LogP contribution in [-0.2, 0) is 6.42 Å². The quantitative estimate of drug-likeness (QED) is 0.897. The first-order chi connectivity index (χ1) is 12.7. The van der Waals surface area contributed by atoms with Gasteiger partial charge in [-0.25, -0.2) is 0 Å². The minimum atomic E-state index is -0.0619. The number of likely N-dealkylation sites (tertiary alicyclic amines) is 1. The lowest BCUT2D eigenvalue weighted by molar-refractivity contribution is 0.0918. The number of hydrogen-bond acceptors (Lipinski definition) is 4. The van der Waals surface area contributed by atoms with E-state index in [2.05, 4.69) is 35.2 Å². The molecule has 134 valence electrons. The van der Waals surface area contributed by atoms with E-state index in [-0.39, 0.29) is 12.1 Å². The number of ether oxygens (including phenoxy) is 1. The summed E-state index contributed by atoms with van der Waals surface area (Å²) in [4.78, 5) is 2.51. The second-order valence-electron chi connectivity index (χ2n) is 7.15. The molecule has 2 aliphatic rings. The van der Waals surface area contributed by atoms with Gasteiger partial charge in [-0.3, -0.25) is 4.90 Å². The van der Waals surface area contributed by atoms with Crippen molar-refractivity contribution in [3.63, 3.8) is 0 Å². The number of nitriles is 1. The fourth-order valence-corrected chi connectivity index (χ4v) is 4.38. The summed E-state index contributed by atoms with van der Waals surface area (Å²) in [6, 6.07) is 16.1. The van der Waals surface area contributed by atoms with Gasteiger partial charge in [-0.15, -0.1) is 0 Å². The lowest BCUT2D eigenvalue weighted by atomic mass is 10.1. The monoisotopic (exact) mass is 367 g/mol. The van der Waals surface area contributed by atoms with Crippen LogP contribution in [0.1, 0.15) is 29.2 Å². The first kappa shape index (κ1) is 17.4. The predicted octanol–water partition coefficient (Wildman–Crippen LogP) is 3.54. The van der Waals surface area contributed by atoms with Crippen LogP contribution >= 0.6 is 11.6 Å². The molecule has 0 saturated carbocycles. The number of halogens is 1. The van der Waals surface area contributed by atoms with Crippen LogP contribution in [0.25, 0.3) is 0 Å². The first-order valence-corrected chi connectivity index (χ1v) is 9.45. The molecule has 1 aliphatic carbocycles. The van der Waals surface area contributed by atoms with Gasteiger partial charge in [-0.1, -0.05) is 35.9 Å². The Labute approximate surface area is 159 Å². The largest absolute Gasteiger partial charge is 0.482 e. The van der Waals surface area contributed by atoms with E-state index in [1.807, 2.05) is 0 Å². The van der Waals surface area contributed by atoms with E-state index >= 15 is 0 Å². The molecule has 3 atom stereocenters. The van der Waals surface area contributed by atoms with Crippen molar-refractivity contribution in [2.24, 2.45) is 11.7 Å². The smallest absolute Gasteiger partial charge is 0.140 e. The standard InChI is InChI=1S/C21H22ClN3O/c22-18-9-14(11-23)5-6-20(18)26-21-17-4-2-1-3-16(17)10-19(21)25-8-7-15(12-24)13-25/h1-6,9,15,19,21H,7-8,10,12-13,24H2/t15-,19+,21+/m0/s1. The summed E-state index contributed by atoms with van der Waals surface area (Å²) >= 11 is 6.36.